The number of aromatic amines is 1. The van der Waals surface area contributed by atoms with Gasteiger partial charge < -0.3 is 20.5 Å². The highest BCUT2D eigenvalue weighted by Crippen LogP contribution is 2.55. The molecule has 0 amide bonds. The third kappa shape index (κ3) is 3.42. The van der Waals surface area contributed by atoms with Crippen LogP contribution in [-0.4, -0.2) is 27.0 Å². The van der Waals surface area contributed by atoms with Crippen molar-refractivity contribution >= 4 is 16.6 Å². The Hall–Kier alpha value is -3.07. The predicted molar refractivity (Wildman–Crippen MR) is 108 cm³/mol. The van der Waals surface area contributed by atoms with Gasteiger partial charge in [0.15, 0.2) is 5.60 Å². The summed E-state index contributed by atoms with van der Waals surface area (Å²) in [5, 5.41) is 24.4. The van der Waals surface area contributed by atoms with E-state index in [0.717, 1.165) is 12.1 Å². The van der Waals surface area contributed by atoms with E-state index in [-0.39, 0.29) is 28.8 Å². The van der Waals surface area contributed by atoms with E-state index in [9.17, 15) is 32.6 Å². The molecule has 3 unspecified atom stereocenters. The monoisotopic (exact) mass is 436 g/mol. The number of pyridine rings is 1. The molecule has 5 nitrogen and oxygen atoms in total. The number of phenolic OH excluding ortho intramolecular Hbond substituents is 1. The molecule has 0 bridgehead atoms. The average Bonchev–Trinajstić information content (AvgIpc) is 2.68. The van der Waals surface area contributed by atoms with Crippen molar-refractivity contribution in [3.05, 3.63) is 69.8 Å². The van der Waals surface area contributed by atoms with E-state index in [0.29, 0.717) is 10.9 Å². The van der Waals surface area contributed by atoms with Crippen LogP contribution in [0.1, 0.15) is 42.9 Å². The number of phenols is 1. The molecule has 0 saturated carbocycles. The molecule has 1 aliphatic carbocycles. The highest BCUT2D eigenvalue weighted by molar-refractivity contribution is 5.91. The van der Waals surface area contributed by atoms with Crippen LogP contribution < -0.4 is 10.9 Å². The number of halogens is 4. The minimum atomic E-state index is -5.03. The number of hydrogen-bond donors (Lipinski definition) is 4. The Bertz CT molecular complexity index is 1210. The van der Waals surface area contributed by atoms with Crippen LogP contribution in [0.4, 0.5) is 23.2 Å². The highest BCUT2D eigenvalue weighted by atomic mass is 19.4. The summed E-state index contributed by atoms with van der Waals surface area (Å²) in [6, 6.07) is 7.30. The molecule has 2 aromatic carbocycles. The van der Waals surface area contributed by atoms with Gasteiger partial charge in [0.25, 0.3) is 0 Å². The first kappa shape index (κ1) is 21.2. The normalized spacial score (nSPS) is 23.5. The number of H-pyrrole nitrogens is 1. The Kier molecular flexibility index (Phi) is 4.96. The molecule has 4 N–H and O–H groups in total. The smallest absolute Gasteiger partial charge is 0.419 e. The van der Waals surface area contributed by atoms with E-state index in [1.165, 1.54) is 24.3 Å². The molecule has 31 heavy (non-hydrogen) atoms. The molecule has 0 saturated heterocycles. The second-order valence-electron chi connectivity index (χ2n) is 7.83. The van der Waals surface area contributed by atoms with Crippen LogP contribution in [0.15, 0.2) is 47.3 Å². The van der Waals surface area contributed by atoms with Crippen molar-refractivity contribution in [2.24, 2.45) is 0 Å². The lowest BCUT2D eigenvalue weighted by atomic mass is 9.69. The zero-order valence-corrected chi connectivity index (χ0v) is 16.4. The summed E-state index contributed by atoms with van der Waals surface area (Å²) in [4.78, 5) is 14.2. The van der Waals surface area contributed by atoms with Crippen molar-refractivity contribution in [2.45, 2.75) is 43.5 Å². The average molecular weight is 436 g/mol. The fourth-order valence-electron chi connectivity index (χ4n) is 4.45. The van der Waals surface area contributed by atoms with Crippen molar-refractivity contribution in [3.63, 3.8) is 0 Å². The largest absolute Gasteiger partial charge is 0.508 e. The maximum absolute atomic E-state index is 14.2. The summed E-state index contributed by atoms with van der Waals surface area (Å²) in [6.45, 7) is 1.64. The van der Waals surface area contributed by atoms with Crippen LogP contribution in [0.5, 0.6) is 5.75 Å². The zero-order chi connectivity index (χ0) is 22.6. The van der Waals surface area contributed by atoms with Crippen molar-refractivity contribution in [1.29, 1.82) is 0 Å². The van der Waals surface area contributed by atoms with Crippen LogP contribution in [0.2, 0.25) is 0 Å². The van der Waals surface area contributed by atoms with Crippen LogP contribution in [0.25, 0.3) is 10.9 Å². The predicted octanol–water partition coefficient (Wildman–Crippen LogP) is 4.72. The number of rotatable bonds is 3. The number of nitrogens with one attached hydrogen (secondary N) is 2. The molecule has 1 aromatic heterocycles. The first-order chi connectivity index (χ1) is 14.5. The summed E-state index contributed by atoms with van der Waals surface area (Å²) in [5.41, 5.74) is -2.97. The Morgan fingerprint density at radius 2 is 1.97 bits per heavy atom. The van der Waals surface area contributed by atoms with Crippen molar-refractivity contribution in [2.75, 3.05) is 5.32 Å². The maximum Gasteiger partial charge on any atom is 0.419 e. The topological polar surface area (TPSA) is 85.4 Å². The molecule has 164 valence electrons. The molecule has 9 heteroatoms. The fourth-order valence-corrected chi connectivity index (χ4v) is 4.45. The Morgan fingerprint density at radius 3 is 2.65 bits per heavy atom. The van der Waals surface area contributed by atoms with Gasteiger partial charge in [-0.15, -0.1) is 0 Å². The number of hydrogen-bond acceptors (Lipinski definition) is 4. The zero-order valence-electron chi connectivity index (χ0n) is 16.4. The summed E-state index contributed by atoms with van der Waals surface area (Å²) < 4.78 is 56.6. The third-order valence-electron chi connectivity index (χ3n) is 5.96. The maximum atomic E-state index is 14.2. The van der Waals surface area contributed by atoms with Crippen LogP contribution in [-0.2, 0) is 0 Å². The molecule has 0 radical (unpaired) electrons. The van der Waals surface area contributed by atoms with E-state index in [2.05, 4.69) is 10.3 Å². The second kappa shape index (κ2) is 7.26. The summed E-state index contributed by atoms with van der Waals surface area (Å²) in [5.74, 6) is -2.17. The number of anilines is 1. The minimum absolute atomic E-state index is 0.156. The number of benzene rings is 2. The lowest BCUT2D eigenvalue weighted by Crippen LogP contribution is -2.55. The molecule has 1 aliphatic rings. The fraction of sp³-hybridized carbons (Fsp3) is 0.318. The second-order valence-corrected chi connectivity index (χ2v) is 7.83. The van der Waals surface area contributed by atoms with Crippen molar-refractivity contribution < 1.29 is 27.8 Å². The number of aliphatic hydroxyl groups is 1. The van der Waals surface area contributed by atoms with Crippen LogP contribution in [0, 0.1) is 5.82 Å². The number of alkyl halides is 3. The summed E-state index contributed by atoms with van der Waals surface area (Å²) in [7, 11) is 0. The Balaban J connectivity index is 1.95. The van der Waals surface area contributed by atoms with Gasteiger partial charge in [0.2, 0.25) is 5.56 Å². The Labute approximate surface area is 174 Å². The molecule has 3 aromatic rings. The molecule has 0 fully saturated rings. The van der Waals surface area contributed by atoms with E-state index in [1.807, 2.05) is 0 Å². The molecular formula is C22H20F4N2O3. The molecule has 1 heterocycles. The number of aromatic nitrogens is 1. The van der Waals surface area contributed by atoms with Crippen LogP contribution in [0.3, 0.4) is 0 Å². The van der Waals surface area contributed by atoms with Gasteiger partial charge in [-0.3, -0.25) is 4.79 Å². The molecule has 0 spiro atoms. The summed E-state index contributed by atoms with van der Waals surface area (Å²) >= 11 is 0. The van der Waals surface area contributed by atoms with Gasteiger partial charge in [-0.1, -0.05) is 13.0 Å². The SMILES string of the molecule is CCC1CC(O)(C(F)(F)F)C(Nc2cccc3[nH]c(=O)ccc23)c2cc(F)cc(O)c21. The highest BCUT2D eigenvalue weighted by Gasteiger charge is 2.62. The van der Waals surface area contributed by atoms with Crippen LogP contribution >= 0.6 is 0 Å². The van der Waals surface area contributed by atoms with E-state index >= 15 is 0 Å². The number of fused-ring (bicyclic) bond motifs is 2. The number of aromatic hydroxyl groups is 1. The first-order valence-corrected chi connectivity index (χ1v) is 9.75. The summed E-state index contributed by atoms with van der Waals surface area (Å²) in [6.07, 6.45) is -5.51. The van der Waals surface area contributed by atoms with Gasteiger partial charge in [-0.05, 0) is 48.6 Å². The van der Waals surface area contributed by atoms with E-state index < -0.39 is 41.7 Å². The van der Waals surface area contributed by atoms with Gasteiger partial charge in [0.1, 0.15) is 11.6 Å². The molecular weight excluding hydrogens is 416 g/mol. The molecule has 3 atom stereocenters. The third-order valence-corrected chi connectivity index (χ3v) is 5.96. The lowest BCUT2D eigenvalue weighted by Gasteiger charge is -2.45. The van der Waals surface area contributed by atoms with Gasteiger partial charge in [0, 0.05) is 28.8 Å². The molecule has 0 aliphatic heterocycles. The van der Waals surface area contributed by atoms with Gasteiger partial charge >= 0.3 is 6.18 Å². The minimum Gasteiger partial charge on any atom is -0.508 e. The van der Waals surface area contributed by atoms with Gasteiger partial charge in [-0.25, -0.2) is 4.39 Å². The first-order valence-electron chi connectivity index (χ1n) is 9.75. The van der Waals surface area contributed by atoms with Gasteiger partial charge in [0.05, 0.1) is 11.6 Å². The van der Waals surface area contributed by atoms with Crippen molar-refractivity contribution in [3.8, 4) is 5.75 Å². The standard InChI is InChI=1S/C22H20F4N2O3/c1-2-11-10-21(31,22(24,25)26)20(14-8-12(23)9-17(29)19(11)14)28-16-5-3-4-15-13(16)6-7-18(30)27-15/h3-9,11,20,28-29,31H,2,10H2,1H3,(H,27,30). The van der Waals surface area contributed by atoms with E-state index in [4.69, 9.17) is 0 Å². The van der Waals surface area contributed by atoms with Gasteiger partial charge in [-0.2, -0.15) is 13.2 Å². The van der Waals surface area contributed by atoms with E-state index in [1.54, 1.807) is 13.0 Å². The quantitative estimate of drug-likeness (QED) is 0.448. The Morgan fingerprint density at radius 1 is 1.23 bits per heavy atom. The lowest BCUT2D eigenvalue weighted by molar-refractivity contribution is -0.272. The van der Waals surface area contributed by atoms with Crippen molar-refractivity contribution in [1.82, 2.24) is 4.98 Å². The molecule has 4 rings (SSSR count).